The van der Waals surface area contributed by atoms with Crippen LogP contribution in [0.5, 0.6) is 0 Å². The lowest BCUT2D eigenvalue weighted by Gasteiger charge is -2.30. The Morgan fingerprint density at radius 1 is 1.31 bits per heavy atom. The van der Waals surface area contributed by atoms with Crippen LogP contribution in [0.4, 0.5) is 0 Å². The molecule has 92 valence electrons. The lowest BCUT2D eigenvalue weighted by atomic mass is 9.94. The summed E-state index contributed by atoms with van der Waals surface area (Å²) in [5.74, 6) is 0.355. The van der Waals surface area contributed by atoms with Gasteiger partial charge in [-0.3, -0.25) is 9.69 Å². The number of ketones is 1. The minimum atomic E-state index is 0.122. The van der Waals surface area contributed by atoms with Gasteiger partial charge in [-0.1, -0.05) is 39.2 Å². The lowest BCUT2D eigenvalue weighted by molar-refractivity contribution is -0.117. The normalized spacial score (nSPS) is 18.8. The average molecular weight is 223 g/mol. The largest absolute Gasteiger partial charge is 0.300 e. The van der Waals surface area contributed by atoms with Gasteiger partial charge in [0.15, 0.2) is 5.78 Å². The van der Waals surface area contributed by atoms with Gasteiger partial charge in [0.1, 0.15) is 0 Å². The summed E-state index contributed by atoms with van der Waals surface area (Å²) >= 11 is 0. The van der Waals surface area contributed by atoms with Crippen molar-refractivity contribution >= 4 is 5.78 Å². The van der Waals surface area contributed by atoms with Gasteiger partial charge in [0.25, 0.3) is 0 Å². The first-order valence-corrected chi connectivity index (χ1v) is 6.52. The topological polar surface area (TPSA) is 20.3 Å². The Balaban J connectivity index is 2.28. The zero-order valence-corrected chi connectivity index (χ0v) is 10.9. The molecule has 0 amide bonds. The van der Waals surface area contributed by atoms with Crippen molar-refractivity contribution in [1.29, 1.82) is 0 Å². The highest BCUT2D eigenvalue weighted by Crippen LogP contribution is 2.21. The van der Waals surface area contributed by atoms with Crippen LogP contribution in [0, 0.1) is 5.92 Å². The van der Waals surface area contributed by atoms with Gasteiger partial charge in [0.05, 0.1) is 0 Å². The number of carbonyl (C=O) groups excluding carboxylic acids is 1. The fraction of sp³-hybridized carbons (Fsp3) is 0.786. The second kappa shape index (κ2) is 6.85. The second-order valence-corrected chi connectivity index (χ2v) is 5.19. The van der Waals surface area contributed by atoms with Crippen LogP contribution >= 0.6 is 0 Å². The molecule has 0 aromatic heterocycles. The molecule has 0 bridgehead atoms. The molecule has 16 heavy (non-hydrogen) atoms. The minimum absolute atomic E-state index is 0.122. The molecule has 1 saturated carbocycles. The molecule has 1 aliphatic carbocycles. The Kier molecular flexibility index (Phi) is 5.75. The van der Waals surface area contributed by atoms with Crippen molar-refractivity contribution < 1.29 is 4.79 Å². The summed E-state index contributed by atoms with van der Waals surface area (Å²) in [5, 5.41) is 0. The summed E-state index contributed by atoms with van der Waals surface area (Å²) in [6.07, 6.45) is 10.5. The fourth-order valence-corrected chi connectivity index (χ4v) is 2.20. The van der Waals surface area contributed by atoms with Crippen LogP contribution in [0.3, 0.4) is 0 Å². The summed E-state index contributed by atoms with van der Waals surface area (Å²) in [6.45, 7) is 4.79. The maximum absolute atomic E-state index is 11.4. The van der Waals surface area contributed by atoms with Crippen LogP contribution in [0.25, 0.3) is 0 Å². The molecule has 0 unspecified atom stereocenters. The predicted molar refractivity (Wildman–Crippen MR) is 68.5 cm³/mol. The van der Waals surface area contributed by atoms with Gasteiger partial charge >= 0.3 is 0 Å². The van der Waals surface area contributed by atoms with Crippen LogP contribution in [-0.2, 0) is 4.79 Å². The summed E-state index contributed by atoms with van der Waals surface area (Å²) in [6, 6.07) is 0.729. The first kappa shape index (κ1) is 13.4. The Hall–Kier alpha value is -0.630. The Morgan fingerprint density at radius 2 is 1.94 bits per heavy atom. The number of hydrogen-bond donors (Lipinski definition) is 0. The zero-order valence-electron chi connectivity index (χ0n) is 10.9. The number of allylic oxidation sites excluding steroid dienone is 1. The van der Waals surface area contributed by atoms with Crippen LogP contribution in [0.15, 0.2) is 12.2 Å². The standard InChI is InChI=1S/C14H25NO/c1-12(2)14(16)10-7-11-15(3)13-8-5-4-6-9-13/h7,10,12-13H,4-6,8-9,11H2,1-3H3/b10-7+. The third-order valence-electron chi connectivity index (χ3n) is 3.44. The Morgan fingerprint density at radius 3 is 2.50 bits per heavy atom. The first-order chi connectivity index (χ1) is 7.61. The molecule has 1 rings (SSSR count). The highest BCUT2D eigenvalue weighted by molar-refractivity contribution is 5.91. The monoisotopic (exact) mass is 223 g/mol. The Bertz CT molecular complexity index is 239. The van der Waals surface area contributed by atoms with E-state index in [1.54, 1.807) is 6.08 Å². The molecule has 2 heteroatoms. The molecule has 1 fully saturated rings. The van der Waals surface area contributed by atoms with E-state index in [1.165, 1.54) is 32.1 Å². The Labute approximate surface area is 99.7 Å². The molecule has 0 aliphatic heterocycles. The van der Waals surface area contributed by atoms with Crippen LogP contribution in [0.1, 0.15) is 46.0 Å². The molecule has 0 radical (unpaired) electrons. The van der Waals surface area contributed by atoms with Crippen molar-refractivity contribution in [1.82, 2.24) is 4.90 Å². The van der Waals surface area contributed by atoms with Crippen molar-refractivity contribution in [2.75, 3.05) is 13.6 Å². The maximum atomic E-state index is 11.4. The van der Waals surface area contributed by atoms with E-state index in [9.17, 15) is 4.79 Å². The molecule has 0 N–H and O–H groups in total. The summed E-state index contributed by atoms with van der Waals surface area (Å²) in [4.78, 5) is 13.8. The van der Waals surface area contributed by atoms with Crippen LogP contribution in [0.2, 0.25) is 0 Å². The zero-order chi connectivity index (χ0) is 12.0. The SMILES string of the molecule is CC(C)C(=O)/C=C/CN(C)C1CCCCC1. The van der Waals surface area contributed by atoms with E-state index in [4.69, 9.17) is 0 Å². The third-order valence-corrected chi connectivity index (χ3v) is 3.44. The van der Waals surface area contributed by atoms with Gasteiger partial charge in [0, 0.05) is 18.5 Å². The first-order valence-electron chi connectivity index (χ1n) is 6.52. The van der Waals surface area contributed by atoms with Crippen molar-refractivity contribution in [2.45, 2.75) is 52.0 Å². The van der Waals surface area contributed by atoms with Crippen LogP contribution < -0.4 is 0 Å². The van der Waals surface area contributed by atoms with Crippen molar-refractivity contribution in [2.24, 2.45) is 5.92 Å². The maximum Gasteiger partial charge on any atom is 0.157 e. The molecule has 2 nitrogen and oxygen atoms in total. The molecule has 0 heterocycles. The predicted octanol–water partition coefficient (Wildman–Crippen LogP) is 3.03. The molecule has 0 aromatic carbocycles. The fourth-order valence-electron chi connectivity index (χ4n) is 2.20. The minimum Gasteiger partial charge on any atom is -0.300 e. The highest BCUT2D eigenvalue weighted by Gasteiger charge is 2.16. The number of rotatable bonds is 5. The summed E-state index contributed by atoms with van der Waals surface area (Å²) in [7, 11) is 2.17. The summed E-state index contributed by atoms with van der Waals surface area (Å²) < 4.78 is 0. The lowest BCUT2D eigenvalue weighted by Crippen LogP contribution is -2.33. The van der Waals surface area contributed by atoms with Crippen molar-refractivity contribution in [3.63, 3.8) is 0 Å². The molecule has 0 atom stereocenters. The van der Waals surface area contributed by atoms with Crippen molar-refractivity contribution in [3.05, 3.63) is 12.2 Å². The van der Waals surface area contributed by atoms with Gasteiger partial charge in [-0.2, -0.15) is 0 Å². The van der Waals surface area contributed by atoms with Crippen LogP contribution in [-0.4, -0.2) is 30.3 Å². The number of carbonyl (C=O) groups is 1. The molecule has 0 aromatic rings. The molecular weight excluding hydrogens is 198 g/mol. The van der Waals surface area contributed by atoms with E-state index < -0.39 is 0 Å². The van der Waals surface area contributed by atoms with E-state index in [1.807, 2.05) is 19.9 Å². The van der Waals surface area contributed by atoms with E-state index in [-0.39, 0.29) is 11.7 Å². The number of nitrogens with zero attached hydrogens (tertiary/aromatic N) is 1. The molecule has 0 spiro atoms. The van der Waals surface area contributed by atoms with E-state index in [2.05, 4.69) is 11.9 Å². The van der Waals surface area contributed by atoms with Gasteiger partial charge in [-0.25, -0.2) is 0 Å². The van der Waals surface area contributed by atoms with Gasteiger partial charge < -0.3 is 0 Å². The highest BCUT2D eigenvalue weighted by atomic mass is 16.1. The quantitative estimate of drug-likeness (QED) is 0.668. The molecule has 0 saturated heterocycles. The van der Waals surface area contributed by atoms with E-state index >= 15 is 0 Å². The van der Waals surface area contributed by atoms with Gasteiger partial charge in [-0.05, 0) is 26.0 Å². The number of hydrogen-bond acceptors (Lipinski definition) is 2. The smallest absolute Gasteiger partial charge is 0.157 e. The van der Waals surface area contributed by atoms with Gasteiger partial charge in [-0.15, -0.1) is 0 Å². The third kappa shape index (κ3) is 4.48. The summed E-state index contributed by atoms with van der Waals surface area (Å²) in [5.41, 5.74) is 0. The van der Waals surface area contributed by atoms with Crippen molar-refractivity contribution in [3.8, 4) is 0 Å². The second-order valence-electron chi connectivity index (χ2n) is 5.19. The number of likely N-dealkylation sites (N-methyl/N-ethyl adjacent to an activating group) is 1. The van der Waals surface area contributed by atoms with E-state index in [0.717, 1.165) is 12.6 Å². The molecule has 1 aliphatic rings. The van der Waals surface area contributed by atoms with Gasteiger partial charge in [0.2, 0.25) is 0 Å². The average Bonchev–Trinajstić information content (AvgIpc) is 2.29. The molecular formula is C14H25NO. The van der Waals surface area contributed by atoms with E-state index in [0.29, 0.717) is 0 Å².